The van der Waals surface area contributed by atoms with Gasteiger partial charge in [-0.05, 0) is 80.3 Å². The predicted octanol–water partition coefficient (Wildman–Crippen LogP) is 7.77. The summed E-state index contributed by atoms with van der Waals surface area (Å²) in [5, 5.41) is 18.2. The minimum absolute atomic E-state index is 0.192. The van der Waals surface area contributed by atoms with Gasteiger partial charge in [-0.2, -0.15) is 0 Å². The third-order valence-corrected chi connectivity index (χ3v) is 8.26. The molecule has 2 atom stereocenters. The van der Waals surface area contributed by atoms with Gasteiger partial charge in [-0.1, -0.05) is 87.7 Å². The third kappa shape index (κ3) is 9.80. The number of amides is 1. The first kappa shape index (κ1) is 33.5. The van der Waals surface area contributed by atoms with Crippen molar-refractivity contribution in [3.63, 3.8) is 0 Å². The summed E-state index contributed by atoms with van der Waals surface area (Å²) in [6.45, 7) is 10.3. The van der Waals surface area contributed by atoms with E-state index in [-0.39, 0.29) is 18.5 Å². The number of rotatable bonds is 12. The average molecular weight is 605 g/mol. The van der Waals surface area contributed by atoms with Crippen molar-refractivity contribution in [2.45, 2.75) is 109 Å². The fourth-order valence-electron chi connectivity index (χ4n) is 5.92. The molecule has 1 amide bonds. The Labute approximate surface area is 262 Å². The molecule has 0 saturated heterocycles. The number of carbonyl (C=O) groups is 1. The van der Waals surface area contributed by atoms with Gasteiger partial charge in [0.1, 0.15) is 23.8 Å². The fraction of sp³-hybridized carbons (Fsp3) is 0.486. The van der Waals surface area contributed by atoms with Crippen molar-refractivity contribution < 1.29 is 23.8 Å². The Morgan fingerprint density at radius 1 is 0.955 bits per heavy atom. The Balaban J connectivity index is 1.53. The first-order valence-electron chi connectivity index (χ1n) is 15.9. The second kappa shape index (κ2) is 15.0. The first-order valence-corrected chi connectivity index (χ1v) is 15.9. The maximum Gasteiger partial charge on any atom is 0.407 e. The van der Waals surface area contributed by atoms with Gasteiger partial charge in [-0.15, -0.1) is 0 Å². The van der Waals surface area contributed by atoms with Gasteiger partial charge in [0.05, 0.1) is 12.1 Å². The van der Waals surface area contributed by atoms with E-state index in [2.05, 4.69) is 48.7 Å². The number of hydrogen-bond acceptors (Lipinski definition) is 5. The Morgan fingerprint density at radius 3 is 2.36 bits per heavy atom. The highest BCUT2D eigenvalue weighted by molar-refractivity contribution is 5.68. The van der Waals surface area contributed by atoms with Crippen molar-refractivity contribution >= 4 is 6.09 Å². The van der Waals surface area contributed by atoms with Crippen LogP contribution in [0.4, 0.5) is 9.18 Å². The molecule has 3 N–H and O–H groups in total. The lowest BCUT2D eigenvalue weighted by Gasteiger charge is -2.40. The minimum atomic E-state index is -0.966. The summed E-state index contributed by atoms with van der Waals surface area (Å²) in [5.74, 6) is 0.357. The molecule has 0 heterocycles. The summed E-state index contributed by atoms with van der Waals surface area (Å²) in [5.41, 5.74) is 3.12. The molecule has 1 aliphatic rings. The van der Waals surface area contributed by atoms with Crippen LogP contribution < -0.4 is 15.4 Å². The van der Waals surface area contributed by atoms with Crippen LogP contribution in [-0.2, 0) is 23.3 Å². The maximum atomic E-state index is 14.7. The van der Waals surface area contributed by atoms with Crippen LogP contribution in [0.15, 0.2) is 72.8 Å². The number of aliphatic hydroxyl groups is 1. The molecule has 238 valence electrons. The van der Waals surface area contributed by atoms with Crippen LogP contribution in [0, 0.1) is 5.82 Å². The monoisotopic (exact) mass is 604 g/mol. The van der Waals surface area contributed by atoms with Crippen LogP contribution in [0.3, 0.4) is 0 Å². The number of alkyl carbamates (subject to hydrolysis) is 1. The molecule has 0 bridgehead atoms. The van der Waals surface area contributed by atoms with Gasteiger partial charge in [0.15, 0.2) is 0 Å². The van der Waals surface area contributed by atoms with Crippen molar-refractivity contribution in [1.29, 1.82) is 0 Å². The van der Waals surface area contributed by atoms with Gasteiger partial charge in [-0.3, -0.25) is 0 Å². The average Bonchev–Trinajstić information content (AvgIpc) is 2.98. The van der Waals surface area contributed by atoms with Gasteiger partial charge in [0.25, 0.3) is 0 Å². The van der Waals surface area contributed by atoms with Crippen molar-refractivity contribution in [3.8, 4) is 5.75 Å². The number of aliphatic hydroxyl groups excluding tert-OH is 1. The smallest absolute Gasteiger partial charge is 0.407 e. The maximum absolute atomic E-state index is 14.7. The molecular weight excluding hydrogens is 555 g/mol. The SMILES string of the molecule is CC(C)c1cccc(C2(NC[C@@H](O)[C@H](Cc3cc(F)cc(OCc4ccccc4)c3)NC(=O)OC(C)(C)C)CCCCC2)c1. The molecule has 0 spiro atoms. The summed E-state index contributed by atoms with van der Waals surface area (Å²) in [6, 6.07) is 22.2. The summed E-state index contributed by atoms with van der Waals surface area (Å²) < 4.78 is 26.2. The minimum Gasteiger partial charge on any atom is -0.489 e. The van der Waals surface area contributed by atoms with Gasteiger partial charge in [0.2, 0.25) is 0 Å². The molecular formula is C37H49FN2O4. The molecule has 0 aromatic heterocycles. The lowest BCUT2D eigenvalue weighted by molar-refractivity contribution is 0.0408. The number of carbonyl (C=O) groups excluding carboxylic acids is 1. The Kier molecular flexibility index (Phi) is 11.4. The van der Waals surface area contributed by atoms with Crippen LogP contribution >= 0.6 is 0 Å². The van der Waals surface area contributed by atoms with Gasteiger partial charge in [0, 0.05) is 18.2 Å². The summed E-state index contributed by atoms with van der Waals surface area (Å²) >= 11 is 0. The van der Waals surface area contributed by atoms with E-state index in [0.717, 1.165) is 31.2 Å². The summed E-state index contributed by atoms with van der Waals surface area (Å²) in [7, 11) is 0. The lowest BCUT2D eigenvalue weighted by atomic mass is 9.75. The van der Waals surface area contributed by atoms with E-state index in [1.54, 1.807) is 26.8 Å². The van der Waals surface area contributed by atoms with Crippen molar-refractivity contribution in [1.82, 2.24) is 10.6 Å². The van der Waals surface area contributed by atoms with Gasteiger partial charge >= 0.3 is 6.09 Å². The number of ether oxygens (including phenoxy) is 2. The van der Waals surface area contributed by atoms with E-state index in [1.807, 2.05) is 30.3 Å². The molecule has 0 radical (unpaired) electrons. The van der Waals surface area contributed by atoms with Gasteiger partial charge in [-0.25, -0.2) is 9.18 Å². The summed E-state index contributed by atoms with van der Waals surface area (Å²) in [4.78, 5) is 12.9. The van der Waals surface area contributed by atoms with Crippen LogP contribution in [0.5, 0.6) is 5.75 Å². The standard InChI is InChI=1S/C37H49FN2O4/c1-26(2)29-15-12-16-30(22-29)37(17-10-7-11-18-37)39-24-34(41)33(40-35(42)44-36(3,4)5)21-28-19-31(38)23-32(20-28)43-25-27-13-8-6-9-14-27/h6,8-9,12-16,19-20,22-23,26,33-34,39,41H,7,10-11,17-18,21,24-25H2,1-5H3,(H,40,42)/t33-,34+/m0/s1. The molecule has 0 unspecified atom stereocenters. The Morgan fingerprint density at radius 2 is 1.68 bits per heavy atom. The zero-order valence-corrected chi connectivity index (χ0v) is 26.9. The molecule has 0 aliphatic heterocycles. The highest BCUT2D eigenvalue weighted by atomic mass is 19.1. The van der Waals surface area contributed by atoms with E-state index in [4.69, 9.17) is 9.47 Å². The van der Waals surface area contributed by atoms with Crippen molar-refractivity contribution in [2.75, 3.05) is 6.54 Å². The molecule has 1 fully saturated rings. The zero-order valence-electron chi connectivity index (χ0n) is 26.9. The van der Waals surface area contributed by atoms with E-state index in [1.165, 1.54) is 29.7 Å². The number of hydrogen-bond donors (Lipinski definition) is 3. The number of nitrogens with one attached hydrogen (secondary N) is 2. The zero-order chi connectivity index (χ0) is 31.7. The topological polar surface area (TPSA) is 79.8 Å². The normalized spacial score (nSPS) is 16.3. The number of halogens is 1. The third-order valence-electron chi connectivity index (χ3n) is 8.26. The quantitative estimate of drug-likeness (QED) is 0.197. The molecule has 1 saturated carbocycles. The van der Waals surface area contributed by atoms with Crippen molar-refractivity contribution in [3.05, 3.63) is 101 Å². The van der Waals surface area contributed by atoms with Crippen LogP contribution in [-0.4, -0.2) is 35.5 Å². The molecule has 4 rings (SSSR count). The molecule has 6 nitrogen and oxygen atoms in total. The molecule has 1 aliphatic carbocycles. The second-order valence-corrected chi connectivity index (χ2v) is 13.4. The van der Waals surface area contributed by atoms with Crippen LogP contribution in [0.1, 0.15) is 94.9 Å². The van der Waals surface area contributed by atoms with Crippen molar-refractivity contribution in [2.24, 2.45) is 0 Å². The van der Waals surface area contributed by atoms with Gasteiger partial charge < -0.3 is 25.2 Å². The lowest BCUT2D eigenvalue weighted by Crippen LogP contribution is -2.53. The summed E-state index contributed by atoms with van der Waals surface area (Å²) in [6.07, 6.45) is 3.93. The largest absolute Gasteiger partial charge is 0.489 e. The van der Waals surface area contributed by atoms with Crippen LogP contribution in [0.2, 0.25) is 0 Å². The molecule has 44 heavy (non-hydrogen) atoms. The molecule has 7 heteroatoms. The second-order valence-electron chi connectivity index (χ2n) is 13.4. The fourth-order valence-corrected chi connectivity index (χ4v) is 5.92. The van der Waals surface area contributed by atoms with E-state index in [0.29, 0.717) is 23.8 Å². The first-order chi connectivity index (χ1) is 20.9. The predicted molar refractivity (Wildman–Crippen MR) is 173 cm³/mol. The molecule has 3 aromatic rings. The Bertz CT molecular complexity index is 1350. The molecule has 3 aromatic carbocycles. The highest BCUT2D eigenvalue weighted by Gasteiger charge is 2.35. The van der Waals surface area contributed by atoms with E-state index in [9.17, 15) is 14.3 Å². The Hall–Kier alpha value is -3.42. The number of benzene rings is 3. The highest BCUT2D eigenvalue weighted by Crippen LogP contribution is 2.38. The van der Waals surface area contributed by atoms with Crippen LogP contribution in [0.25, 0.3) is 0 Å². The van der Waals surface area contributed by atoms with E-state index < -0.39 is 29.7 Å². The van der Waals surface area contributed by atoms with E-state index >= 15 is 0 Å².